The van der Waals surface area contributed by atoms with Crippen molar-refractivity contribution in [3.05, 3.63) is 59.4 Å². The normalized spacial score (nSPS) is 12.2. The first-order chi connectivity index (χ1) is 9.61. The molecule has 2 N–H and O–H groups in total. The average Bonchev–Trinajstić information content (AvgIpc) is 2.45. The van der Waals surface area contributed by atoms with Crippen LogP contribution in [0.3, 0.4) is 0 Å². The van der Waals surface area contributed by atoms with Gasteiger partial charge in [0.1, 0.15) is 0 Å². The molecule has 3 nitrogen and oxygen atoms in total. The highest BCUT2D eigenvalue weighted by molar-refractivity contribution is 5.55. The lowest BCUT2D eigenvalue weighted by atomic mass is 10.1. The van der Waals surface area contributed by atoms with Gasteiger partial charge in [-0.2, -0.15) is 0 Å². The number of aromatic nitrogens is 1. The Morgan fingerprint density at radius 2 is 1.90 bits per heavy atom. The van der Waals surface area contributed by atoms with Crippen molar-refractivity contribution in [3.63, 3.8) is 0 Å². The molecule has 0 aliphatic heterocycles. The number of hydrogen-bond acceptors (Lipinski definition) is 3. The molecular weight excluding hydrogens is 246 g/mol. The Morgan fingerprint density at radius 1 is 1.15 bits per heavy atom. The summed E-state index contributed by atoms with van der Waals surface area (Å²) in [6.07, 6.45) is 0. The Balaban J connectivity index is 2.29. The lowest BCUT2D eigenvalue weighted by Gasteiger charge is -2.26. The Bertz CT molecular complexity index is 564. The molecule has 1 heterocycles. The van der Waals surface area contributed by atoms with Gasteiger partial charge in [0, 0.05) is 24.0 Å². The molecule has 0 saturated carbocycles. The minimum absolute atomic E-state index is 0.0331. The Kier molecular flexibility index (Phi) is 4.74. The molecule has 0 aliphatic carbocycles. The third-order valence-corrected chi connectivity index (χ3v) is 3.45. The fourth-order valence-corrected chi connectivity index (χ4v) is 2.41. The third-order valence-electron chi connectivity index (χ3n) is 3.45. The molecule has 20 heavy (non-hydrogen) atoms. The van der Waals surface area contributed by atoms with Crippen LogP contribution in [0.2, 0.25) is 0 Å². The number of benzene rings is 1. The Hall–Kier alpha value is -1.87. The lowest BCUT2D eigenvalue weighted by Crippen LogP contribution is -2.25. The summed E-state index contributed by atoms with van der Waals surface area (Å²) in [6.45, 7) is 7.95. The van der Waals surface area contributed by atoms with E-state index in [1.54, 1.807) is 0 Å². The van der Waals surface area contributed by atoms with Crippen LogP contribution in [0.1, 0.15) is 36.8 Å². The summed E-state index contributed by atoms with van der Waals surface area (Å²) in [5.41, 5.74) is 10.6. The molecule has 2 rings (SSSR count). The van der Waals surface area contributed by atoms with Gasteiger partial charge in [0.2, 0.25) is 0 Å². The molecule has 106 valence electrons. The van der Waals surface area contributed by atoms with Crippen molar-refractivity contribution < 1.29 is 0 Å². The van der Waals surface area contributed by atoms with Crippen LogP contribution >= 0.6 is 0 Å². The van der Waals surface area contributed by atoms with Crippen molar-refractivity contribution in [1.29, 1.82) is 0 Å². The molecule has 0 aliphatic rings. The minimum atomic E-state index is 0.0331. The van der Waals surface area contributed by atoms with Gasteiger partial charge in [-0.15, -0.1) is 0 Å². The molecule has 0 amide bonds. The maximum absolute atomic E-state index is 6.08. The molecule has 1 aromatic heterocycles. The number of nitrogens with zero attached hydrogens (tertiary/aromatic N) is 2. The topological polar surface area (TPSA) is 42.2 Å². The minimum Gasteiger partial charge on any atom is -0.366 e. The number of anilines is 1. The summed E-state index contributed by atoms with van der Waals surface area (Å²) in [7, 11) is 0. The van der Waals surface area contributed by atoms with E-state index in [0.717, 1.165) is 24.5 Å². The van der Waals surface area contributed by atoms with Gasteiger partial charge in [-0.3, -0.25) is 4.98 Å². The first kappa shape index (κ1) is 14.5. The largest absolute Gasteiger partial charge is 0.366 e. The van der Waals surface area contributed by atoms with E-state index in [4.69, 9.17) is 5.73 Å². The van der Waals surface area contributed by atoms with Crippen molar-refractivity contribution in [1.82, 2.24) is 4.98 Å². The Labute approximate surface area is 121 Å². The van der Waals surface area contributed by atoms with Gasteiger partial charge in [-0.1, -0.05) is 24.3 Å². The van der Waals surface area contributed by atoms with Crippen LogP contribution < -0.4 is 10.6 Å². The van der Waals surface area contributed by atoms with Crippen LogP contribution in [-0.4, -0.2) is 11.5 Å². The van der Waals surface area contributed by atoms with E-state index in [-0.39, 0.29) is 6.04 Å². The van der Waals surface area contributed by atoms with Gasteiger partial charge < -0.3 is 10.6 Å². The van der Waals surface area contributed by atoms with Crippen molar-refractivity contribution in [2.24, 2.45) is 5.73 Å². The van der Waals surface area contributed by atoms with Gasteiger partial charge >= 0.3 is 0 Å². The number of rotatable bonds is 5. The smallest absolute Gasteiger partial charge is 0.0602 e. The van der Waals surface area contributed by atoms with E-state index in [2.05, 4.69) is 47.1 Å². The SMILES string of the molecule is CCN(Cc1cccc(C)n1)c1ccccc1[C@H](C)N. The standard InChI is InChI=1S/C17H23N3/c1-4-20(12-15-9-7-8-13(2)19-15)17-11-6-5-10-16(17)14(3)18/h5-11,14H,4,12,18H2,1-3H3/t14-/m0/s1. The fraction of sp³-hybridized carbons (Fsp3) is 0.353. The highest BCUT2D eigenvalue weighted by Gasteiger charge is 2.12. The summed E-state index contributed by atoms with van der Waals surface area (Å²) >= 11 is 0. The predicted molar refractivity (Wildman–Crippen MR) is 84.7 cm³/mol. The number of hydrogen-bond donors (Lipinski definition) is 1. The van der Waals surface area contributed by atoms with Crippen molar-refractivity contribution in [3.8, 4) is 0 Å². The summed E-state index contributed by atoms with van der Waals surface area (Å²) in [6, 6.07) is 14.5. The molecule has 0 unspecified atom stereocenters. The zero-order valence-corrected chi connectivity index (χ0v) is 12.5. The Morgan fingerprint density at radius 3 is 2.55 bits per heavy atom. The van der Waals surface area contributed by atoms with Crippen LogP contribution in [0.4, 0.5) is 5.69 Å². The zero-order chi connectivity index (χ0) is 14.5. The molecule has 2 aromatic rings. The highest BCUT2D eigenvalue weighted by atomic mass is 15.1. The maximum atomic E-state index is 6.08. The second-order valence-electron chi connectivity index (χ2n) is 5.13. The predicted octanol–water partition coefficient (Wildman–Crippen LogP) is 3.44. The second kappa shape index (κ2) is 6.53. The zero-order valence-electron chi connectivity index (χ0n) is 12.5. The molecule has 0 spiro atoms. The molecule has 1 atom stereocenters. The summed E-state index contributed by atoms with van der Waals surface area (Å²) in [4.78, 5) is 6.91. The summed E-state index contributed by atoms with van der Waals surface area (Å²) in [5.74, 6) is 0. The van der Waals surface area contributed by atoms with Crippen molar-refractivity contribution in [2.75, 3.05) is 11.4 Å². The van der Waals surface area contributed by atoms with E-state index in [1.807, 2.05) is 26.0 Å². The molecule has 3 heteroatoms. The van der Waals surface area contributed by atoms with Crippen molar-refractivity contribution >= 4 is 5.69 Å². The third kappa shape index (κ3) is 3.36. The van der Waals surface area contributed by atoms with Gasteiger partial charge in [0.25, 0.3) is 0 Å². The molecule has 0 saturated heterocycles. The number of para-hydroxylation sites is 1. The molecule has 0 bridgehead atoms. The maximum Gasteiger partial charge on any atom is 0.0602 e. The summed E-state index contributed by atoms with van der Waals surface area (Å²) in [5, 5.41) is 0. The lowest BCUT2D eigenvalue weighted by molar-refractivity contribution is 0.767. The van der Waals surface area contributed by atoms with Crippen LogP contribution in [0.5, 0.6) is 0 Å². The van der Waals surface area contributed by atoms with E-state index < -0.39 is 0 Å². The van der Waals surface area contributed by atoms with Crippen molar-refractivity contribution in [2.45, 2.75) is 33.4 Å². The number of pyridine rings is 1. The molecule has 1 aromatic carbocycles. The second-order valence-corrected chi connectivity index (χ2v) is 5.13. The number of nitrogens with two attached hydrogens (primary N) is 1. The van der Waals surface area contributed by atoms with Gasteiger partial charge in [-0.05, 0) is 44.5 Å². The fourth-order valence-electron chi connectivity index (χ4n) is 2.41. The van der Waals surface area contributed by atoms with Crippen LogP contribution in [0, 0.1) is 6.92 Å². The van der Waals surface area contributed by atoms with Gasteiger partial charge in [0.15, 0.2) is 0 Å². The monoisotopic (exact) mass is 269 g/mol. The van der Waals surface area contributed by atoms with Gasteiger partial charge in [0.05, 0.1) is 12.2 Å². The first-order valence-corrected chi connectivity index (χ1v) is 7.13. The summed E-state index contributed by atoms with van der Waals surface area (Å²) < 4.78 is 0. The molecule has 0 fully saturated rings. The quantitative estimate of drug-likeness (QED) is 0.904. The van der Waals surface area contributed by atoms with Gasteiger partial charge in [-0.25, -0.2) is 0 Å². The van der Waals surface area contributed by atoms with E-state index in [9.17, 15) is 0 Å². The van der Waals surface area contributed by atoms with E-state index in [1.165, 1.54) is 11.3 Å². The van der Waals surface area contributed by atoms with Crippen LogP contribution in [0.15, 0.2) is 42.5 Å². The van der Waals surface area contributed by atoms with Crippen LogP contribution in [-0.2, 0) is 6.54 Å². The average molecular weight is 269 g/mol. The van der Waals surface area contributed by atoms with E-state index in [0.29, 0.717) is 0 Å². The highest BCUT2D eigenvalue weighted by Crippen LogP contribution is 2.26. The van der Waals surface area contributed by atoms with E-state index >= 15 is 0 Å². The first-order valence-electron chi connectivity index (χ1n) is 7.13. The number of aryl methyl sites for hydroxylation is 1. The molecule has 0 radical (unpaired) electrons. The molecular formula is C17H23N3. The van der Waals surface area contributed by atoms with Crippen LogP contribution in [0.25, 0.3) is 0 Å².